The lowest BCUT2D eigenvalue weighted by molar-refractivity contribution is -0.134. The molecule has 1 aliphatic heterocycles. The zero-order valence-electron chi connectivity index (χ0n) is 8.63. The van der Waals surface area contributed by atoms with E-state index in [1.807, 2.05) is 6.79 Å². The number of rotatable bonds is 2. The molecule has 0 aliphatic carbocycles. The number of nitrogens with zero attached hydrogens (tertiary/aromatic N) is 2. The number of urea groups is 1. The first-order valence-corrected chi connectivity index (χ1v) is 4.11. The van der Waals surface area contributed by atoms with Crippen molar-refractivity contribution in [3.63, 3.8) is 0 Å². The lowest BCUT2D eigenvalue weighted by Crippen LogP contribution is -2.44. The largest absolute Gasteiger partial charge is 0.376 e. The van der Waals surface area contributed by atoms with Gasteiger partial charge in [-0.3, -0.25) is 9.69 Å². The molecule has 0 radical (unpaired) electrons. The minimum absolute atomic E-state index is 0.506. The van der Waals surface area contributed by atoms with Gasteiger partial charge in [0.25, 0.3) is 5.91 Å². The number of carbonyl (C=O) groups excluding carboxylic acids is 3. The van der Waals surface area contributed by atoms with Crippen LogP contribution in [-0.4, -0.2) is 57.7 Å². The summed E-state index contributed by atoms with van der Waals surface area (Å²) in [6, 6.07) is -0.667. The molecule has 1 heterocycles. The average molecular weight is 218 g/mol. The highest BCUT2D eigenvalue weighted by molar-refractivity contribution is 6.06. The summed E-state index contributed by atoms with van der Waals surface area (Å²) in [6.07, 6.45) is 0. The second-order valence-electron chi connectivity index (χ2n) is 3.29. The molecule has 0 atom stereocenters. The highest BCUT2D eigenvalue weighted by atomic mass is 16.3. The van der Waals surface area contributed by atoms with Crippen LogP contribution in [0.5, 0.6) is 0 Å². The minimum Gasteiger partial charge on any atom is -0.376 e. The van der Waals surface area contributed by atoms with Crippen molar-refractivity contribution < 1.29 is 24.6 Å². The molecule has 1 rings (SSSR count). The molecule has 0 unspecified atom stereocenters. The molecule has 0 aromatic carbocycles. The molecule has 2 N–H and O–H groups in total. The first kappa shape index (κ1) is 13.5. The Hall–Kier alpha value is -1.47. The van der Waals surface area contributed by atoms with Crippen LogP contribution in [0.25, 0.3) is 0 Å². The van der Waals surface area contributed by atoms with Crippen molar-refractivity contribution >= 4 is 18.7 Å². The summed E-state index contributed by atoms with van der Waals surface area (Å²) in [5.41, 5.74) is -1.07. The van der Waals surface area contributed by atoms with Gasteiger partial charge in [-0.2, -0.15) is 0 Å². The number of imide groups is 1. The van der Waals surface area contributed by atoms with E-state index in [0.717, 1.165) is 4.90 Å². The Balaban J connectivity index is 0.000000921. The topological polar surface area (TPSA) is 98.2 Å². The maximum atomic E-state index is 11.4. The van der Waals surface area contributed by atoms with Crippen molar-refractivity contribution in [1.82, 2.24) is 9.80 Å². The third-order valence-electron chi connectivity index (χ3n) is 2.19. The molecule has 1 aliphatic rings. The Morgan fingerprint density at radius 1 is 1.20 bits per heavy atom. The molecular formula is C8H14N2O5. The van der Waals surface area contributed by atoms with Crippen LogP contribution in [0.1, 0.15) is 13.8 Å². The van der Waals surface area contributed by atoms with E-state index in [0.29, 0.717) is 4.90 Å². The normalized spacial score (nSPS) is 18.9. The van der Waals surface area contributed by atoms with Gasteiger partial charge in [0.1, 0.15) is 25.8 Å². The molecule has 0 aromatic rings. The first-order chi connectivity index (χ1) is 6.96. The van der Waals surface area contributed by atoms with Gasteiger partial charge in [-0.25, -0.2) is 9.69 Å². The van der Waals surface area contributed by atoms with Crippen molar-refractivity contribution in [2.45, 2.75) is 19.4 Å². The lowest BCUT2D eigenvalue weighted by Gasteiger charge is -2.24. The molecule has 0 saturated carbocycles. The zero-order valence-corrected chi connectivity index (χ0v) is 8.63. The van der Waals surface area contributed by atoms with E-state index in [2.05, 4.69) is 0 Å². The van der Waals surface area contributed by atoms with Gasteiger partial charge in [-0.05, 0) is 13.8 Å². The van der Waals surface area contributed by atoms with E-state index in [9.17, 15) is 9.59 Å². The Bertz CT molecular complexity index is 266. The smallest absolute Gasteiger partial charge is 0.331 e. The number of carbonyl (C=O) groups is 3. The standard InChI is InChI=1S/C7H12N2O4.CH2O/c1-7(2)5(12)8(3-10)6(13)9(7)4-11;1-2/h10-11H,3-4H2,1-2H3;1H2. The van der Waals surface area contributed by atoms with Gasteiger partial charge in [-0.1, -0.05) is 0 Å². The number of aliphatic hydroxyl groups is 2. The van der Waals surface area contributed by atoms with E-state index < -0.39 is 30.9 Å². The van der Waals surface area contributed by atoms with Crippen LogP contribution < -0.4 is 0 Å². The summed E-state index contributed by atoms with van der Waals surface area (Å²) in [5, 5.41) is 17.6. The number of aliphatic hydroxyl groups excluding tert-OH is 2. The summed E-state index contributed by atoms with van der Waals surface area (Å²) < 4.78 is 0. The molecule has 15 heavy (non-hydrogen) atoms. The summed E-state index contributed by atoms with van der Waals surface area (Å²) >= 11 is 0. The quantitative estimate of drug-likeness (QED) is 0.564. The maximum Gasteiger partial charge on any atom is 0.331 e. The Kier molecular flexibility index (Phi) is 4.38. The highest BCUT2D eigenvalue weighted by Gasteiger charge is 2.50. The van der Waals surface area contributed by atoms with Gasteiger partial charge in [0.05, 0.1) is 0 Å². The maximum absolute atomic E-state index is 11.4. The van der Waals surface area contributed by atoms with E-state index >= 15 is 0 Å². The van der Waals surface area contributed by atoms with E-state index in [4.69, 9.17) is 15.0 Å². The first-order valence-electron chi connectivity index (χ1n) is 4.11. The Labute approximate surface area is 86.9 Å². The molecule has 7 heteroatoms. The number of amides is 3. The minimum atomic E-state index is -1.07. The molecule has 7 nitrogen and oxygen atoms in total. The predicted molar refractivity (Wildman–Crippen MR) is 49.5 cm³/mol. The summed E-state index contributed by atoms with van der Waals surface area (Å²) in [4.78, 5) is 32.4. The van der Waals surface area contributed by atoms with Gasteiger partial charge in [0.15, 0.2) is 0 Å². The molecule has 0 spiro atoms. The molecule has 1 fully saturated rings. The molecule has 3 amide bonds. The summed E-state index contributed by atoms with van der Waals surface area (Å²) in [5.74, 6) is -0.506. The lowest BCUT2D eigenvalue weighted by atomic mass is 10.1. The van der Waals surface area contributed by atoms with Gasteiger partial charge < -0.3 is 15.0 Å². The van der Waals surface area contributed by atoms with Crippen LogP contribution in [0.4, 0.5) is 4.79 Å². The van der Waals surface area contributed by atoms with Gasteiger partial charge in [0, 0.05) is 0 Å². The van der Waals surface area contributed by atoms with Gasteiger partial charge in [0.2, 0.25) is 0 Å². The number of hydrogen-bond acceptors (Lipinski definition) is 5. The zero-order chi connectivity index (χ0) is 12.2. The highest BCUT2D eigenvalue weighted by Crippen LogP contribution is 2.25. The van der Waals surface area contributed by atoms with Crippen LogP contribution in [0.15, 0.2) is 0 Å². The van der Waals surface area contributed by atoms with Crippen molar-refractivity contribution in [2.75, 3.05) is 13.5 Å². The van der Waals surface area contributed by atoms with Crippen molar-refractivity contribution in [2.24, 2.45) is 0 Å². The van der Waals surface area contributed by atoms with E-state index in [-0.39, 0.29) is 0 Å². The van der Waals surface area contributed by atoms with E-state index in [1.54, 1.807) is 0 Å². The Morgan fingerprint density at radius 3 is 1.87 bits per heavy atom. The molecule has 0 aromatic heterocycles. The summed E-state index contributed by atoms with van der Waals surface area (Å²) in [7, 11) is 0. The molecule has 86 valence electrons. The second kappa shape index (κ2) is 4.85. The SMILES string of the molecule is C=O.CC1(C)C(=O)N(CO)C(=O)N1CO. The Morgan fingerprint density at radius 2 is 1.67 bits per heavy atom. The third kappa shape index (κ3) is 1.97. The monoisotopic (exact) mass is 218 g/mol. The second-order valence-corrected chi connectivity index (χ2v) is 3.29. The fourth-order valence-electron chi connectivity index (χ4n) is 1.28. The predicted octanol–water partition coefficient (Wildman–Crippen LogP) is -1.26. The van der Waals surface area contributed by atoms with Crippen LogP contribution >= 0.6 is 0 Å². The fraction of sp³-hybridized carbons (Fsp3) is 0.625. The fourth-order valence-corrected chi connectivity index (χ4v) is 1.28. The van der Waals surface area contributed by atoms with Gasteiger partial charge in [-0.15, -0.1) is 0 Å². The van der Waals surface area contributed by atoms with Crippen molar-refractivity contribution in [1.29, 1.82) is 0 Å². The van der Waals surface area contributed by atoms with Crippen molar-refractivity contribution in [3.05, 3.63) is 0 Å². The molecular weight excluding hydrogens is 204 g/mol. The van der Waals surface area contributed by atoms with Crippen LogP contribution in [-0.2, 0) is 9.59 Å². The van der Waals surface area contributed by atoms with Gasteiger partial charge >= 0.3 is 6.03 Å². The summed E-state index contributed by atoms with van der Waals surface area (Å²) in [6.45, 7) is 3.84. The van der Waals surface area contributed by atoms with E-state index in [1.165, 1.54) is 13.8 Å². The third-order valence-corrected chi connectivity index (χ3v) is 2.19. The average Bonchev–Trinajstić information content (AvgIpc) is 2.37. The number of hydrogen-bond donors (Lipinski definition) is 2. The van der Waals surface area contributed by atoms with Crippen molar-refractivity contribution in [3.8, 4) is 0 Å². The molecule has 0 bridgehead atoms. The van der Waals surface area contributed by atoms with Crippen LogP contribution in [0.3, 0.4) is 0 Å². The molecule has 1 saturated heterocycles. The van der Waals surface area contributed by atoms with Crippen LogP contribution in [0.2, 0.25) is 0 Å². The van der Waals surface area contributed by atoms with Crippen LogP contribution in [0, 0.1) is 0 Å².